The zero-order chi connectivity index (χ0) is 12.5. The molecule has 0 atom stereocenters. The second-order valence-electron chi connectivity index (χ2n) is 3.79. The molecule has 0 spiro atoms. The van der Waals surface area contributed by atoms with Gasteiger partial charge in [0.1, 0.15) is 5.58 Å². The lowest BCUT2D eigenvalue weighted by atomic mass is 10.2. The summed E-state index contributed by atoms with van der Waals surface area (Å²) >= 11 is 0. The smallest absolute Gasteiger partial charge is 0.336 e. The van der Waals surface area contributed by atoms with Crippen molar-refractivity contribution < 1.29 is 4.42 Å². The first-order valence-electron chi connectivity index (χ1n) is 5.97. The van der Waals surface area contributed by atoms with E-state index in [2.05, 4.69) is 6.92 Å². The number of hydrogen-bond donors (Lipinski definition) is 1. The third-order valence-electron chi connectivity index (χ3n) is 2.34. The van der Waals surface area contributed by atoms with Gasteiger partial charge in [0.2, 0.25) is 0 Å². The largest absolute Gasteiger partial charge is 0.423 e. The molecule has 1 heterocycles. The molecule has 2 N–H and O–H groups in total. The molecule has 92 valence electrons. The van der Waals surface area contributed by atoms with E-state index in [0.29, 0.717) is 5.58 Å². The second kappa shape index (κ2) is 7.63. The van der Waals surface area contributed by atoms with E-state index in [-0.39, 0.29) is 5.63 Å². The van der Waals surface area contributed by atoms with Crippen LogP contribution in [0.2, 0.25) is 0 Å². The normalized spacial score (nSPS) is 9.76. The number of benzene rings is 1. The van der Waals surface area contributed by atoms with E-state index in [1.807, 2.05) is 18.2 Å². The summed E-state index contributed by atoms with van der Waals surface area (Å²) in [7, 11) is 0. The maximum Gasteiger partial charge on any atom is 0.336 e. The van der Waals surface area contributed by atoms with E-state index in [1.165, 1.54) is 25.3 Å². The van der Waals surface area contributed by atoms with Crippen LogP contribution >= 0.6 is 0 Å². The number of nitrogens with two attached hydrogens (primary N) is 1. The van der Waals surface area contributed by atoms with Gasteiger partial charge in [-0.1, -0.05) is 38.0 Å². The highest BCUT2D eigenvalue weighted by Gasteiger charge is 1.92. The SMILES string of the molecule is CCCCCN.O=c1ccc2ccccc2o1. The van der Waals surface area contributed by atoms with Crippen molar-refractivity contribution in [1.29, 1.82) is 0 Å². The minimum Gasteiger partial charge on any atom is -0.423 e. The Hall–Kier alpha value is -1.61. The summed E-state index contributed by atoms with van der Waals surface area (Å²) in [5.41, 5.74) is 5.55. The maximum atomic E-state index is 10.7. The topological polar surface area (TPSA) is 56.2 Å². The Morgan fingerprint density at radius 2 is 1.88 bits per heavy atom. The fourth-order valence-electron chi connectivity index (χ4n) is 1.41. The predicted octanol–water partition coefficient (Wildman–Crippen LogP) is 2.93. The summed E-state index contributed by atoms with van der Waals surface area (Å²) in [6, 6.07) is 10.6. The zero-order valence-corrected chi connectivity index (χ0v) is 10.2. The molecule has 0 saturated carbocycles. The van der Waals surface area contributed by atoms with Gasteiger partial charge in [-0.05, 0) is 25.1 Å². The molecule has 0 radical (unpaired) electrons. The van der Waals surface area contributed by atoms with Crippen LogP contribution in [0.5, 0.6) is 0 Å². The number of unbranched alkanes of at least 4 members (excludes halogenated alkanes) is 2. The van der Waals surface area contributed by atoms with Crippen molar-refractivity contribution in [3.8, 4) is 0 Å². The Bertz CT molecular complexity index is 487. The predicted molar refractivity (Wildman–Crippen MR) is 71.1 cm³/mol. The lowest BCUT2D eigenvalue weighted by Gasteiger charge is -1.91. The molecule has 2 aromatic rings. The van der Waals surface area contributed by atoms with Crippen molar-refractivity contribution in [3.05, 3.63) is 46.8 Å². The molecule has 0 saturated heterocycles. The van der Waals surface area contributed by atoms with Crippen LogP contribution in [0.3, 0.4) is 0 Å². The van der Waals surface area contributed by atoms with E-state index in [0.717, 1.165) is 11.9 Å². The first-order chi connectivity index (χ1) is 8.27. The number of para-hydroxylation sites is 1. The highest BCUT2D eigenvalue weighted by molar-refractivity contribution is 5.75. The summed E-state index contributed by atoms with van der Waals surface area (Å²) in [6.45, 7) is 3.03. The minimum atomic E-state index is -0.302. The lowest BCUT2D eigenvalue weighted by Crippen LogP contribution is -1.96. The van der Waals surface area contributed by atoms with Gasteiger partial charge in [-0.2, -0.15) is 0 Å². The van der Waals surface area contributed by atoms with Gasteiger partial charge in [-0.25, -0.2) is 4.79 Å². The summed E-state index contributed by atoms with van der Waals surface area (Å²) < 4.78 is 4.91. The molecule has 2 rings (SSSR count). The number of fused-ring (bicyclic) bond motifs is 1. The average molecular weight is 233 g/mol. The quantitative estimate of drug-likeness (QED) is 0.655. The number of rotatable bonds is 3. The van der Waals surface area contributed by atoms with Gasteiger partial charge in [-0.3, -0.25) is 0 Å². The molecule has 3 heteroatoms. The van der Waals surface area contributed by atoms with Gasteiger partial charge in [0.25, 0.3) is 0 Å². The molecule has 0 aliphatic heterocycles. The molecule has 0 amide bonds. The van der Waals surface area contributed by atoms with Crippen LogP contribution in [0, 0.1) is 0 Å². The lowest BCUT2D eigenvalue weighted by molar-refractivity contribution is 0.561. The van der Waals surface area contributed by atoms with E-state index in [9.17, 15) is 4.79 Å². The molecular formula is C14H19NO2. The monoisotopic (exact) mass is 233 g/mol. The standard InChI is InChI=1S/C9H6O2.C5H13N/c10-9-6-5-7-3-1-2-4-8(7)11-9;1-2-3-4-5-6/h1-6H;2-6H2,1H3. The van der Waals surface area contributed by atoms with Crippen molar-refractivity contribution in [2.75, 3.05) is 6.54 Å². The van der Waals surface area contributed by atoms with Gasteiger partial charge >= 0.3 is 5.63 Å². The summed E-state index contributed by atoms with van der Waals surface area (Å²) in [6.07, 6.45) is 3.75. The highest BCUT2D eigenvalue weighted by Crippen LogP contribution is 2.08. The molecule has 0 aliphatic rings. The highest BCUT2D eigenvalue weighted by atomic mass is 16.4. The Balaban J connectivity index is 0.000000209. The minimum absolute atomic E-state index is 0.302. The van der Waals surface area contributed by atoms with Crippen molar-refractivity contribution in [2.45, 2.75) is 26.2 Å². The van der Waals surface area contributed by atoms with Crippen LogP contribution < -0.4 is 11.4 Å². The van der Waals surface area contributed by atoms with Crippen molar-refractivity contribution >= 4 is 11.0 Å². The summed E-state index contributed by atoms with van der Waals surface area (Å²) in [5, 5.41) is 0.951. The fourth-order valence-corrected chi connectivity index (χ4v) is 1.41. The van der Waals surface area contributed by atoms with Crippen LogP contribution in [-0.2, 0) is 0 Å². The molecule has 3 nitrogen and oxygen atoms in total. The molecule has 1 aromatic heterocycles. The van der Waals surface area contributed by atoms with Crippen LogP contribution in [0.4, 0.5) is 0 Å². The van der Waals surface area contributed by atoms with E-state index >= 15 is 0 Å². The van der Waals surface area contributed by atoms with Crippen molar-refractivity contribution in [3.63, 3.8) is 0 Å². The molecule has 1 aromatic carbocycles. The third kappa shape index (κ3) is 4.83. The summed E-state index contributed by atoms with van der Waals surface area (Å²) in [5.74, 6) is 0. The Kier molecular flexibility index (Phi) is 6.04. The van der Waals surface area contributed by atoms with E-state index in [4.69, 9.17) is 10.2 Å². The zero-order valence-electron chi connectivity index (χ0n) is 10.2. The van der Waals surface area contributed by atoms with Gasteiger partial charge in [0.05, 0.1) is 0 Å². The molecule has 17 heavy (non-hydrogen) atoms. The molecular weight excluding hydrogens is 214 g/mol. The van der Waals surface area contributed by atoms with Crippen molar-refractivity contribution in [2.24, 2.45) is 5.73 Å². The van der Waals surface area contributed by atoms with Gasteiger partial charge in [-0.15, -0.1) is 0 Å². The third-order valence-corrected chi connectivity index (χ3v) is 2.34. The second-order valence-corrected chi connectivity index (χ2v) is 3.79. The number of hydrogen-bond acceptors (Lipinski definition) is 3. The Morgan fingerprint density at radius 3 is 2.53 bits per heavy atom. The van der Waals surface area contributed by atoms with Crippen LogP contribution in [-0.4, -0.2) is 6.54 Å². The van der Waals surface area contributed by atoms with Gasteiger partial charge < -0.3 is 10.2 Å². The average Bonchev–Trinajstić information content (AvgIpc) is 2.37. The van der Waals surface area contributed by atoms with E-state index < -0.39 is 0 Å². The van der Waals surface area contributed by atoms with Crippen LogP contribution in [0.1, 0.15) is 26.2 Å². The molecule has 0 bridgehead atoms. The molecule has 0 unspecified atom stereocenters. The molecule has 0 aliphatic carbocycles. The van der Waals surface area contributed by atoms with Gasteiger partial charge in [0.15, 0.2) is 0 Å². The van der Waals surface area contributed by atoms with Crippen molar-refractivity contribution in [1.82, 2.24) is 0 Å². The Morgan fingerprint density at radius 1 is 1.12 bits per heavy atom. The van der Waals surface area contributed by atoms with Gasteiger partial charge in [0, 0.05) is 11.5 Å². The first-order valence-corrected chi connectivity index (χ1v) is 5.97. The maximum absolute atomic E-state index is 10.7. The van der Waals surface area contributed by atoms with E-state index in [1.54, 1.807) is 12.1 Å². The van der Waals surface area contributed by atoms with Crippen LogP contribution in [0.15, 0.2) is 45.6 Å². The first kappa shape index (κ1) is 13.5. The summed E-state index contributed by atoms with van der Waals surface area (Å²) in [4.78, 5) is 10.7. The molecule has 0 fully saturated rings. The fraction of sp³-hybridized carbons (Fsp3) is 0.357. The van der Waals surface area contributed by atoms with Crippen LogP contribution in [0.25, 0.3) is 11.0 Å². The Labute approximate surface area is 101 Å².